The fourth-order valence-electron chi connectivity index (χ4n) is 1.87. The highest BCUT2D eigenvalue weighted by atomic mass is 35.5. The molecular weight excluding hydrogens is 192 g/mol. The zero-order valence-corrected chi connectivity index (χ0v) is 9.64. The van der Waals surface area contributed by atoms with Crippen LogP contribution in [-0.2, 0) is 0 Å². The van der Waals surface area contributed by atoms with Gasteiger partial charge in [0.25, 0.3) is 0 Å². The summed E-state index contributed by atoms with van der Waals surface area (Å²) in [5.41, 5.74) is 3.97. The lowest BCUT2D eigenvalue weighted by Crippen LogP contribution is -1.96. The molecule has 0 radical (unpaired) electrons. The van der Waals surface area contributed by atoms with E-state index in [1.807, 2.05) is 0 Å². The standard InChI is InChI=1S/C13H17Cl/c1-9-3-4-10(2)12(7-9)13(14)8-11-5-6-11/h3-4,7,11,13H,5-6,8H2,1-2H3. The summed E-state index contributed by atoms with van der Waals surface area (Å²) in [4.78, 5) is 0. The Kier molecular flexibility index (Phi) is 2.83. The van der Waals surface area contributed by atoms with Gasteiger partial charge in [0.2, 0.25) is 0 Å². The molecule has 0 bridgehead atoms. The van der Waals surface area contributed by atoms with Gasteiger partial charge in [0.15, 0.2) is 0 Å². The molecule has 1 aliphatic carbocycles. The Morgan fingerprint density at radius 3 is 2.71 bits per heavy atom. The van der Waals surface area contributed by atoms with Crippen LogP contribution in [-0.4, -0.2) is 0 Å². The van der Waals surface area contributed by atoms with Crippen molar-refractivity contribution >= 4 is 11.6 Å². The van der Waals surface area contributed by atoms with Crippen molar-refractivity contribution in [2.45, 2.75) is 38.5 Å². The Morgan fingerprint density at radius 1 is 1.36 bits per heavy atom. The number of aryl methyl sites for hydroxylation is 2. The fraction of sp³-hybridized carbons (Fsp3) is 0.538. The summed E-state index contributed by atoms with van der Waals surface area (Å²) in [6.45, 7) is 4.28. The molecule has 0 heterocycles. The molecule has 1 aromatic carbocycles. The molecular formula is C13H17Cl. The lowest BCUT2D eigenvalue weighted by Gasteiger charge is -2.13. The van der Waals surface area contributed by atoms with Crippen LogP contribution in [0.4, 0.5) is 0 Å². The molecule has 1 aliphatic rings. The van der Waals surface area contributed by atoms with E-state index in [2.05, 4.69) is 32.0 Å². The van der Waals surface area contributed by atoms with Crippen LogP contribution in [0.2, 0.25) is 0 Å². The molecule has 0 amide bonds. The first-order valence-electron chi connectivity index (χ1n) is 5.38. The van der Waals surface area contributed by atoms with Crippen LogP contribution in [0.25, 0.3) is 0 Å². The Hall–Kier alpha value is -0.490. The second-order valence-electron chi connectivity index (χ2n) is 4.51. The van der Waals surface area contributed by atoms with Crippen molar-refractivity contribution in [1.29, 1.82) is 0 Å². The first-order valence-corrected chi connectivity index (χ1v) is 5.81. The summed E-state index contributed by atoms with van der Waals surface area (Å²) in [6.07, 6.45) is 3.92. The first kappa shape index (κ1) is 10.0. The van der Waals surface area contributed by atoms with Gasteiger partial charge in [-0.15, -0.1) is 11.6 Å². The smallest absolute Gasteiger partial charge is 0.0590 e. The fourth-order valence-corrected chi connectivity index (χ4v) is 2.36. The van der Waals surface area contributed by atoms with Crippen molar-refractivity contribution in [3.63, 3.8) is 0 Å². The average Bonchev–Trinajstić information content (AvgIpc) is 2.93. The van der Waals surface area contributed by atoms with E-state index < -0.39 is 0 Å². The summed E-state index contributed by atoms with van der Waals surface area (Å²) in [5.74, 6) is 0.900. The van der Waals surface area contributed by atoms with Gasteiger partial charge in [0, 0.05) is 0 Å². The van der Waals surface area contributed by atoms with Gasteiger partial charge in [-0.2, -0.15) is 0 Å². The molecule has 0 aliphatic heterocycles. The quantitative estimate of drug-likeness (QED) is 0.647. The van der Waals surface area contributed by atoms with Gasteiger partial charge in [-0.3, -0.25) is 0 Å². The lowest BCUT2D eigenvalue weighted by molar-refractivity contribution is 0.703. The number of halogens is 1. The van der Waals surface area contributed by atoms with Crippen molar-refractivity contribution in [2.24, 2.45) is 5.92 Å². The van der Waals surface area contributed by atoms with E-state index in [-0.39, 0.29) is 5.38 Å². The molecule has 0 spiro atoms. The van der Waals surface area contributed by atoms with Crippen LogP contribution < -0.4 is 0 Å². The van der Waals surface area contributed by atoms with E-state index >= 15 is 0 Å². The van der Waals surface area contributed by atoms with Gasteiger partial charge in [-0.25, -0.2) is 0 Å². The first-order chi connectivity index (χ1) is 6.66. The van der Waals surface area contributed by atoms with Crippen LogP contribution in [0.5, 0.6) is 0 Å². The molecule has 1 fully saturated rings. The van der Waals surface area contributed by atoms with Gasteiger partial charge in [-0.05, 0) is 37.3 Å². The largest absolute Gasteiger partial charge is 0.118 e. The molecule has 2 rings (SSSR count). The zero-order chi connectivity index (χ0) is 10.1. The predicted molar refractivity (Wildman–Crippen MR) is 61.9 cm³/mol. The summed E-state index contributed by atoms with van der Waals surface area (Å²) >= 11 is 6.42. The van der Waals surface area contributed by atoms with Crippen molar-refractivity contribution in [3.05, 3.63) is 34.9 Å². The number of hydrogen-bond acceptors (Lipinski definition) is 0. The molecule has 14 heavy (non-hydrogen) atoms. The maximum Gasteiger partial charge on any atom is 0.0590 e. The minimum absolute atomic E-state index is 0.224. The molecule has 0 N–H and O–H groups in total. The summed E-state index contributed by atoms with van der Waals surface area (Å²) in [6, 6.07) is 6.56. The second-order valence-corrected chi connectivity index (χ2v) is 5.03. The highest BCUT2D eigenvalue weighted by molar-refractivity contribution is 6.20. The second kappa shape index (κ2) is 3.94. The molecule has 1 heteroatoms. The Labute approximate surface area is 91.3 Å². The summed E-state index contributed by atoms with van der Waals surface area (Å²) < 4.78 is 0. The SMILES string of the molecule is Cc1ccc(C)c(C(Cl)CC2CC2)c1. The van der Waals surface area contributed by atoms with E-state index in [0.717, 1.165) is 12.3 Å². The number of alkyl halides is 1. The summed E-state index contributed by atoms with van der Waals surface area (Å²) in [5, 5.41) is 0.224. The van der Waals surface area contributed by atoms with E-state index in [1.165, 1.54) is 29.5 Å². The van der Waals surface area contributed by atoms with Crippen molar-refractivity contribution < 1.29 is 0 Å². The summed E-state index contributed by atoms with van der Waals surface area (Å²) in [7, 11) is 0. The van der Waals surface area contributed by atoms with Crippen molar-refractivity contribution in [1.82, 2.24) is 0 Å². The average molecular weight is 209 g/mol. The van der Waals surface area contributed by atoms with Crippen LogP contribution in [0.1, 0.15) is 41.3 Å². The number of hydrogen-bond donors (Lipinski definition) is 0. The third kappa shape index (κ3) is 2.30. The minimum Gasteiger partial charge on any atom is -0.118 e. The van der Waals surface area contributed by atoms with Crippen molar-refractivity contribution in [3.8, 4) is 0 Å². The van der Waals surface area contributed by atoms with E-state index in [0.29, 0.717) is 0 Å². The molecule has 1 saturated carbocycles. The maximum absolute atomic E-state index is 6.42. The van der Waals surface area contributed by atoms with Crippen molar-refractivity contribution in [2.75, 3.05) is 0 Å². The Morgan fingerprint density at radius 2 is 2.07 bits per heavy atom. The van der Waals surface area contributed by atoms with E-state index in [9.17, 15) is 0 Å². The zero-order valence-electron chi connectivity index (χ0n) is 8.89. The van der Waals surface area contributed by atoms with E-state index in [1.54, 1.807) is 0 Å². The number of rotatable bonds is 3. The monoisotopic (exact) mass is 208 g/mol. The maximum atomic E-state index is 6.42. The van der Waals surface area contributed by atoms with Gasteiger partial charge < -0.3 is 0 Å². The molecule has 76 valence electrons. The normalized spacial score (nSPS) is 18.2. The van der Waals surface area contributed by atoms with Gasteiger partial charge in [-0.1, -0.05) is 36.6 Å². The van der Waals surface area contributed by atoms with Crippen LogP contribution in [0, 0.1) is 19.8 Å². The van der Waals surface area contributed by atoms with Gasteiger partial charge >= 0.3 is 0 Å². The lowest BCUT2D eigenvalue weighted by atomic mass is 10.00. The minimum atomic E-state index is 0.224. The Balaban J connectivity index is 2.15. The van der Waals surface area contributed by atoms with Crippen LogP contribution in [0.3, 0.4) is 0 Å². The van der Waals surface area contributed by atoms with E-state index in [4.69, 9.17) is 11.6 Å². The third-order valence-corrected chi connectivity index (χ3v) is 3.42. The third-order valence-electron chi connectivity index (χ3n) is 3.01. The molecule has 1 unspecified atom stereocenters. The molecule has 0 nitrogen and oxygen atoms in total. The molecule has 0 aromatic heterocycles. The molecule has 0 saturated heterocycles. The predicted octanol–water partition coefficient (Wildman–Crippen LogP) is 4.38. The topological polar surface area (TPSA) is 0 Å². The Bertz CT molecular complexity index is 326. The van der Waals surface area contributed by atoms with Crippen LogP contribution in [0.15, 0.2) is 18.2 Å². The van der Waals surface area contributed by atoms with Gasteiger partial charge in [0.1, 0.15) is 0 Å². The highest BCUT2D eigenvalue weighted by Gasteiger charge is 2.25. The molecule has 1 atom stereocenters. The van der Waals surface area contributed by atoms with Gasteiger partial charge in [0.05, 0.1) is 5.38 Å². The molecule has 1 aromatic rings. The highest BCUT2D eigenvalue weighted by Crippen LogP contribution is 2.41. The van der Waals surface area contributed by atoms with Crippen LogP contribution >= 0.6 is 11.6 Å². The number of benzene rings is 1.